The van der Waals surface area contributed by atoms with Crippen LogP contribution in [0.1, 0.15) is 23.3 Å². The molecule has 2 aliphatic rings. The number of amides is 1. The van der Waals surface area contributed by atoms with Crippen LogP contribution in [0.2, 0.25) is 5.02 Å². The van der Waals surface area contributed by atoms with Crippen molar-refractivity contribution in [1.29, 1.82) is 0 Å². The van der Waals surface area contributed by atoms with Crippen molar-refractivity contribution in [3.63, 3.8) is 0 Å². The predicted molar refractivity (Wildman–Crippen MR) is 75.7 cm³/mol. The third-order valence-corrected chi connectivity index (χ3v) is 4.70. The number of H-pyrrole nitrogens is 1. The normalized spacial score (nSPS) is 20.6. The number of aromatic nitrogens is 1. The topological polar surface area (TPSA) is 36.1 Å². The summed E-state index contributed by atoms with van der Waals surface area (Å²) < 4.78 is 27.6. The molecule has 3 nitrogen and oxygen atoms in total. The summed E-state index contributed by atoms with van der Waals surface area (Å²) in [5, 5.41) is 0.845. The number of benzene rings is 1. The number of hydrogen-bond acceptors (Lipinski definition) is 1. The van der Waals surface area contributed by atoms with Gasteiger partial charge in [0.15, 0.2) is 0 Å². The molecule has 1 N–H and O–H groups in total. The van der Waals surface area contributed by atoms with Crippen LogP contribution in [0.5, 0.6) is 0 Å². The van der Waals surface area contributed by atoms with Gasteiger partial charge in [0.2, 0.25) is 0 Å². The Hall–Kier alpha value is -1.62. The highest BCUT2D eigenvalue weighted by Gasteiger charge is 2.55. The first-order valence-electron chi connectivity index (χ1n) is 6.92. The highest BCUT2D eigenvalue weighted by molar-refractivity contribution is 6.35. The first kappa shape index (κ1) is 13.1. The Morgan fingerprint density at radius 2 is 2.05 bits per heavy atom. The van der Waals surface area contributed by atoms with Gasteiger partial charge >= 0.3 is 0 Å². The number of carbonyl (C=O) groups excluding carboxylic acids is 1. The smallest absolute Gasteiger partial charge is 0.270 e. The van der Waals surface area contributed by atoms with E-state index >= 15 is 0 Å². The van der Waals surface area contributed by atoms with Gasteiger partial charge in [-0.1, -0.05) is 11.6 Å². The van der Waals surface area contributed by atoms with Crippen molar-refractivity contribution in [2.75, 3.05) is 13.1 Å². The van der Waals surface area contributed by atoms with E-state index in [4.69, 9.17) is 11.6 Å². The zero-order valence-corrected chi connectivity index (χ0v) is 11.9. The molecule has 1 aliphatic carbocycles. The van der Waals surface area contributed by atoms with Crippen LogP contribution in [-0.4, -0.2) is 34.5 Å². The summed E-state index contributed by atoms with van der Waals surface area (Å²) in [5.41, 5.74) is -0.418. The van der Waals surface area contributed by atoms with Crippen LogP contribution in [0.3, 0.4) is 0 Å². The van der Waals surface area contributed by atoms with Gasteiger partial charge in [0, 0.05) is 5.39 Å². The minimum atomic E-state index is -1.20. The van der Waals surface area contributed by atoms with Crippen molar-refractivity contribution >= 4 is 28.4 Å². The monoisotopic (exact) mass is 310 g/mol. The highest BCUT2D eigenvalue weighted by Crippen LogP contribution is 2.47. The molecule has 1 aliphatic heterocycles. The first-order chi connectivity index (χ1) is 9.96. The molecule has 4 rings (SSSR count). The number of fused-ring (bicyclic) bond motifs is 1. The maximum atomic E-state index is 14.3. The molecule has 1 saturated heterocycles. The summed E-state index contributed by atoms with van der Waals surface area (Å²) in [6.07, 6.45) is 1.83. The zero-order valence-electron chi connectivity index (χ0n) is 11.1. The summed E-state index contributed by atoms with van der Waals surface area (Å²) in [6, 6.07) is 4.09. The maximum Gasteiger partial charge on any atom is 0.270 e. The van der Waals surface area contributed by atoms with Crippen LogP contribution in [0.15, 0.2) is 18.2 Å². The van der Waals surface area contributed by atoms with Crippen LogP contribution >= 0.6 is 11.6 Å². The van der Waals surface area contributed by atoms with Gasteiger partial charge in [-0.2, -0.15) is 0 Å². The Morgan fingerprint density at radius 1 is 1.33 bits per heavy atom. The van der Waals surface area contributed by atoms with E-state index < -0.39 is 11.5 Å². The molecule has 1 aromatic heterocycles. The second kappa shape index (κ2) is 4.19. The largest absolute Gasteiger partial charge is 0.350 e. The number of alkyl halides is 1. The summed E-state index contributed by atoms with van der Waals surface area (Å²) in [6.45, 7) is 0.294. The molecule has 0 bridgehead atoms. The number of aromatic amines is 1. The lowest BCUT2D eigenvalue weighted by Gasteiger charge is -2.44. The van der Waals surface area contributed by atoms with Gasteiger partial charge in [0.05, 0.1) is 23.6 Å². The molecule has 21 heavy (non-hydrogen) atoms. The van der Waals surface area contributed by atoms with Crippen LogP contribution in [0.25, 0.3) is 10.9 Å². The molecule has 110 valence electrons. The van der Waals surface area contributed by atoms with Crippen LogP contribution in [0.4, 0.5) is 8.78 Å². The van der Waals surface area contributed by atoms with E-state index in [0.717, 1.165) is 12.8 Å². The number of likely N-dealkylation sites (tertiary alicyclic amines) is 1. The van der Waals surface area contributed by atoms with Gasteiger partial charge in [-0.05, 0) is 37.0 Å². The molecule has 6 heteroatoms. The van der Waals surface area contributed by atoms with Crippen molar-refractivity contribution in [3.05, 3.63) is 34.7 Å². The Morgan fingerprint density at radius 3 is 2.71 bits per heavy atom. The second-order valence-electron chi connectivity index (χ2n) is 6.00. The lowest BCUT2D eigenvalue weighted by atomic mass is 9.90. The minimum Gasteiger partial charge on any atom is -0.350 e. The lowest BCUT2D eigenvalue weighted by molar-refractivity contribution is -0.0339. The minimum absolute atomic E-state index is 0.118. The number of nitrogens with one attached hydrogen (secondary N) is 1. The average molecular weight is 311 g/mol. The molecule has 0 atom stereocenters. The lowest BCUT2D eigenvalue weighted by Crippen LogP contribution is -2.62. The number of carbonyl (C=O) groups is 1. The van der Waals surface area contributed by atoms with E-state index in [0.29, 0.717) is 16.6 Å². The summed E-state index contributed by atoms with van der Waals surface area (Å²) >= 11 is 5.96. The number of hydrogen-bond donors (Lipinski definition) is 1. The van der Waals surface area contributed by atoms with Crippen LogP contribution < -0.4 is 0 Å². The van der Waals surface area contributed by atoms with Gasteiger partial charge in [-0.3, -0.25) is 4.79 Å². The molecule has 2 heterocycles. The van der Waals surface area contributed by atoms with Crippen molar-refractivity contribution in [3.8, 4) is 0 Å². The number of nitrogens with zero attached hydrogens (tertiary/aromatic N) is 1. The Kier molecular flexibility index (Phi) is 2.61. The van der Waals surface area contributed by atoms with Crippen molar-refractivity contribution < 1.29 is 13.6 Å². The average Bonchev–Trinajstić information content (AvgIpc) is 3.15. The second-order valence-corrected chi connectivity index (χ2v) is 6.41. The Labute approximate surface area is 124 Å². The molecule has 1 saturated carbocycles. The van der Waals surface area contributed by atoms with E-state index in [-0.39, 0.29) is 29.9 Å². The van der Waals surface area contributed by atoms with E-state index in [1.54, 1.807) is 6.07 Å². The van der Waals surface area contributed by atoms with Crippen LogP contribution in [0, 0.1) is 11.7 Å². The van der Waals surface area contributed by atoms with E-state index in [1.807, 2.05) is 0 Å². The third-order valence-electron chi connectivity index (χ3n) is 4.39. The third kappa shape index (κ3) is 2.02. The van der Waals surface area contributed by atoms with E-state index in [1.165, 1.54) is 17.0 Å². The fourth-order valence-electron chi connectivity index (χ4n) is 3.04. The Bertz CT molecular complexity index is 747. The molecule has 2 fully saturated rings. The molecule has 0 radical (unpaired) electrons. The summed E-state index contributed by atoms with van der Waals surface area (Å²) in [5.74, 6) is -0.613. The molecule has 0 spiro atoms. The molecule has 2 aromatic rings. The maximum absolute atomic E-state index is 14.3. The van der Waals surface area contributed by atoms with Crippen molar-refractivity contribution in [2.24, 2.45) is 5.92 Å². The summed E-state index contributed by atoms with van der Waals surface area (Å²) in [7, 11) is 0. The van der Waals surface area contributed by atoms with E-state index in [9.17, 15) is 13.6 Å². The Balaban J connectivity index is 1.59. The predicted octanol–water partition coefficient (Wildman–Crippen LogP) is 3.53. The molecular weight excluding hydrogens is 298 g/mol. The molecule has 1 aromatic carbocycles. The molecule has 0 unspecified atom stereocenters. The highest BCUT2D eigenvalue weighted by atomic mass is 35.5. The molecular formula is C15H13ClF2N2O. The zero-order chi connectivity index (χ0) is 14.8. The van der Waals surface area contributed by atoms with Crippen LogP contribution in [-0.2, 0) is 0 Å². The first-order valence-corrected chi connectivity index (χ1v) is 7.30. The van der Waals surface area contributed by atoms with Gasteiger partial charge in [-0.25, -0.2) is 8.78 Å². The van der Waals surface area contributed by atoms with Crippen molar-refractivity contribution in [2.45, 2.75) is 18.5 Å². The SMILES string of the molecule is O=C(c1cc2c(Cl)cc(F)cc2[nH]1)N1CC(F)(C2CC2)C1. The number of rotatable bonds is 2. The van der Waals surface area contributed by atoms with Gasteiger partial charge in [-0.15, -0.1) is 0 Å². The van der Waals surface area contributed by atoms with Gasteiger partial charge < -0.3 is 9.88 Å². The quantitative estimate of drug-likeness (QED) is 0.905. The molecule has 1 amide bonds. The standard InChI is InChI=1S/C15H13ClF2N2O/c16-11-3-9(17)4-12-10(11)5-13(19-12)14(21)20-6-15(18,7-20)8-1-2-8/h3-5,8,19H,1-2,6-7H2. The fraction of sp³-hybridized carbons (Fsp3) is 0.400. The van der Waals surface area contributed by atoms with Crippen molar-refractivity contribution in [1.82, 2.24) is 9.88 Å². The fourth-order valence-corrected chi connectivity index (χ4v) is 3.30. The van der Waals surface area contributed by atoms with Gasteiger partial charge in [0.25, 0.3) is 5.91 Å². The summed E-state index contributed by atoms with van der Waals surface area (Å²) in [4.78, 5) is 16.7. The number of halogens is 3. The van der Waals surface area contributed by atoms with E-state index in [2.05, 4.69) is 4.98 Å². The van der Waals surface area contributed by atoms with Gasteiger partial charge in [0.1, 0.15) is 17.2 Å².